The maximum Gasteiger partial charge on any atom is 0.199 e. The van der Waals surface area contributed by atoms with Gasteiger partial charge in [-0.25, -0.2) is 0 Å². The summed E-state index contributed by atoms with van der Waals surface area (Å²) in [5.74, 6) is 0. The largest absolute Gasteiger partial charge is 0.444 e. The molecule has 2 N–H and O–H groups in total. The topological polar surface area (TPSA) is 39.2 Å². The van der Waals surface area contributed by atoms with E-state index in [1.807, 2.05) is 24.3 Å². The Kier molecular flexibility index (Phi) is 3.20. The molecule has 0 spiro atoms. The lowest BCUT2D eigenvalue weighted by Crippen LogP contribution is -1.94. The highest BCUT2D eigenvalue weighted by molar-refractivity contribution is 6.30. The lowest BCUT2D eigenvalue weighted by molar-refractivity contribution is 0.613. The Morgan fingerprint density at radius 2 is 2.00 bits per heavy atom. The zero-order valence-electron chi connectivity index (χ0n) is 6.79. The van der Waals surface area contributed by atoms with Crippen molar-refractivity contribution in [3.8, 4) is 0 Å². The first-order valence-electron chi connectivity index (χ1n) is 3.69. The molecule has 70 valence electrons. The Hall–Kier alpha value is -0.700. The Labute approximate surface area is 87.1 Å². The van der Waals surface area contributed by atoms with Crippen LogP contribution in [-0.4, -0.2) is 0 Å². The molecule has 0 bridgehead atoms. The molecule has 0 aliphatic rings. The van der Waals surface area contributed by atoms with E-state index in [1.54, 1.807) is 0 Å². The van der Waals surface area contributed by atoms with Crippen molar-refractivity contribution in [1.29, 1.82) is 0 Å². The Morgan fingerprint density at radius 1 is 1.31 bits per heavy atom. The van der Waals surface area contributed by atoms with Crippen molar-refractivity contribution in [2.45, 2.75) is 6.54 Å². The van der Waals surface area contributed by atoms with Crippen molar-refractivity contribution in [2.24, 2.45) is 5.73 Å². The maximum absolute atomic E-state index is 5.82. The smallest absolute Gasteiger partial charge is 0.199 e. The first kappa shape index (κ1) is 10.4. The zero-order chi connectivity index (χ0) is 8.55. The van der Waals surface area contributed by atoms with Crippen molar-refractivity contribution in [2.75, 3.05) is 0 Å². The summed E-state index contributed by atoms with van der Waals surface area (Å²) in [7, 11) is 0. The number of fused-ring (bicyclic) bond motifs is 1. The van der Waals surface area contributed by atoms with Crippen LogP contribution in [0.3, 0.4) is 0 Å². The molecule has 0 saturated heterocycles. The van der Waals surface area contributed by atoms with Gasteiger partial charge in [-0.15, -0.1) is 12.4 Å². The summed E-state index contributed by atoms with van der Waals surface area (Å²) in [4.78, 5) is 0. The number of hydrogen-bond donors (Lipinski definition) is 1. The second-order valence-electron chi connectivity index (χ2n) is 2.55. The van der Waals surface area contributed by atoms with Crippen LogP contribution in [0.5, 0.6) is 0 Å². The predicted octanol–water partition coefficient (Wildman–Crippen LogP) is 2.97. The van der Waals surface area contributed by atoms with Crippen molar-refractivity contribution >= 4 is 35.0 Å². The SMILES string of the molecule is Cl.NCc1c(Cl)oc2ccccc12. The number of hydrogen-bond acceptors (Lipinski definition) is 2. The molecule has 0 saturated carbocycles. The summed E-state index contributed by atoms with van der Waals surface area (Å²) < 4.78 is 5.28. The summed E-state index contributed by atoms with van der Waals surface area (Å²) in [6.45, 7) is 0.413. The fourth-order valence-corrected chi connectivity index (χ4v) is 1.52. The monoisotopic (exact) mass is 217 g/mol. The number of halogens is 2. The van der Waals surface area contributed by atoms with Crippen LogP contribution in [0.1, 0.15) is 5.56 Å². The highest BCUT2D eigenvalue weighted by atomic mass is 35.5. The average Bonchev–Trinajstić information content (AvgIpc) is 2.40. The van der Waals surface area contributed by atoms with Gasteiger partial charge < -0.3 is 10.2 Å². The minimum absolute atomic E-state index is 0. The van der Waals surface area contributed by atoms with Gasteiger partial charge >= 0.3 is 0 Å². The third-order valence-electron chi connectivity index (χ3n) is 1.85. The molecule has 0 radical (unpaired) electrons. The normalized spacial score (nSPS) is 10.0. The maximum atomic E-state index is 5.82. The zero-order valence-corrected chi connectivity index (χ0v) is 8.36. The molecule has 0 aliphatic heterocycles. The molecule has 4 heteroatoms. The summed E-state index contributed by atoms with van der Waals surface area (Å²) in [5.41, 5.74) is 7.19. The Bertz CT molecular complexity index is 411. The van der Waals surface area contributed by atoms with E-state index in [0.29, 0.717) is 11.8 Å². The third kappa shape index (κ3) is 1.66. The molecule has 0 unspecified atom stereocenters. The molecule has 2 aromatic rings. The predicted molar refractivity (Wildman–Crippen MR) is 56.4 cm³/mol. The average molecular weight is 218 g/mol. The van der Waals surface area contributed by atoms with E-state index in [1.165, 1.54) is 0 Å². The molecule has 0 fully saturated rings. The van der Waals surface area contributed by atoms with Gasteiger partial charge in [0.2, 0.25) is 0 Å². The van der Waals surface area contributed by atoms with Gasteiger partial charge in [0.05, 0.1) is 0 Å². The fraction of sp³-hybridized carbons (Fsp3) is 0.111. The summed E-state index contributed by atoms with van der Waals surface area (Å²) in [5, 5.41) is 1.41. The van der Waals surface area contributed by atoms with Crippen molar-refractivity contribution in [1.82, 2.24) is 0 Å². The van der Waals surface area contributed by atoms with E-state index in [9.17, 15) is 0 Å². The molecular formula is C9H9Cl2NO. The van der Waals surface area contributed by atoms with Gasteiger partial charge in [0.25, 0.3) is 0 Å². The van der Waals surface area contributed by atoms with Gasteiger partial charge in [0.1, 0.15) is 5.58 Å². The lowest BCUT2D eigenvalue weighted by Gasteiger charge is -1.89. The van der Waals surface area contributed by atoms with Crippen LogP contribution < -0.4 is 5.73 Å². The summed E-state index contributed by atoms with van der Waals surface area (Å²) in [6.07, 6.45) is 0. The van der Waals surface area contributed by atoms with E-state index in [4.69, 9.17) is 21.8 Å². The standard InChI is InChI=1S/C9H8ClNO.ClH/c10-9-7(5-11)6-3-1-2-4-8(6)12-9;/h1-4H,5,11H2;1H. The molecule has 0 aliphatic carbocycles. The van der Waals surface area contributed by atoms with Crippen molar-refractivity contribution in [3.63, 3.8) is 0 Å². The van der Waals surface area contributed by atoms with E-state index in [-0.39, 0.29) is 12.4 Å². The second kappa shape index (κ2) is 4.01. The third-order valence-corrected chi connectivity index (χ3v) is 2.16. The molecule has 13 heavy (non-hydrogen) atoms. The van der Waals surface area contributed by atoms with Crippen LogP contribution in [0, 0.1) is 0 Å². The molecule has 0 amide bonds. The molecular weight excluding hydrogens is 209 g/mol. The minimum atomic E-state index is 0. The molecule has 1 heterocycles. The first-order chi connectivity index (χ1) is 5.83. The minimum Gasteiger partial charge on any atom is -0.444 e. The van der Waals surface area contributed by atoms with Gasteiger partial charge in [-0.3, -0.25) is 0 Å². The van der Waals surface area contributed by atoms with Crippen molar-refractivity contribution in [3.05, 3.63) is 35.0 Å². The first-order valence-corrected chi connectivity index (χ1v) is 4.06. The van der Waals surface area contributed by atoms with E-state index < -0.39 is 0 Å². The van der Waals surface area contributed by atoms with Gasteiger partial charge in [-0.05, 0) is 17.7 Å². The molecule has 2 nitrogen and oxygen atoms in total. The summed E-state index contributed by atoms with van der Waals surface area (Å²) in [6, 6.07) is 7.67. The summed E-state index contributed by atoms with van der Waals surface area (Å²) >= 11 is 5.82. The molecule has 0 atom stereocenters. The van der Waals surface area contributed by atoms with Crippen LogP contribution >= 0.6 is 24.0 Å². The number of nitrogens with two attached hydrogens (primary N) is 1. The molecule has 1 aromatic carbocycles. The quantitative estimate of drug-likeness (QED) is 0.799. The van der Waals surface area contributed by atoms with Crippen LogP contribution in [0.25, 0.3) is 11.0 Å². The molecule has 1 aromatic heterocycles. The lowest BCUT2D eigenvalue weighted by atomic mass is 10.2. The van der Waals surface area contributed by atoms with E-state index in [0.717, 1.165) is 16.5 Å². The molecule has 2 rings (SSSR count). The highest BCUT2D eigenvalue weighted by Gasteiger charge is 2.08. The van der Waals surface area contributed by atoms with Crippen LogP contribution in [0.2, 0.25) is 5.22 Å². The number of rotatable bonds is 1. The van der Waals surface area contributed by atoms with Crippen LogP contribution in [0.15, 0.2) is 28.7 Å². The number of benzene rings is 1. The van der Waals surface area contributed by atoms with E-state index >= 15 is 0 Å². The second-order valence-corrected chi connectivity index (χ2v) is 2.90. The fourth-order valence-electron chi connectivity index (χ4n) is 1.26. The Balaban J connectivity index is 0.000000845. The van der Waals surface area contributed by atoms with Gasteiger partial charge in [-0.1, -0.05) is 18.2 Å². The highest BCUT2D eigenvalue weighted by Crippen LogP contribution is 2.28. The van der Waals surface area contributed by atoms with E-state index in [2.05, 4.69) is 0 Å². The Morgan fingerprint density at radius 3 is 2.69 bits per heavy atom. The van der Waals surface area contributed by atoms with Crippen LogP contribution in [-0.2, 0) is 6.54 Å². The van der Waals surface area contributed by atoms with Gasteiger partial charge in [0.15, 0.2) is 5.22 Å². The number of para-hydroxylation sites is 1. The van der Waals surface area contributed by atoms with Crippen molar-refractivity contribution < 1.29 is 4.42 Å². The van der Waals surface area contributed by atoms with Gasteiger partial charge in [0, 0.05) is 17.5 Å². The van der Waals surface area contributed by atoms with Gasteiger partial charge in [-0.2, -0.15) is 0 Å². The van der Waals surface area contributed by atoms with Crippen LogP contribution in [0.4, 0.5) is 0 Å². The number of furan rings is 1.